The third-order valence-electron chi connectivity index (χ3n) is 8.11. The molecule has 0 aliphatic rings. The van der Waals surface area contributed by atoms with Crippen molar-refractivity contribution in [2.75, 3.05) is 18.6 Å². The first-order chi connectivity index (χ1) is 27.1. The van der Waals surface area contributed by atoms with Crippen LogP contribution in [0.2, 0.25) is 0 Å². The number of nitrogens with zero attached hydrogens (tertiary/aromatic N) is 1. The molecule has 0 rings (SSSR count). The topological polar surface area (TPSA) is 400 Å². The number of amides is 8. The molecular formula is C34H59N11O12S. The van der Waals surface area contributed by atoms with Gasteiger partial charge in [-0.05, 0) is 62.9 Å². The third kappa shape index (κ3) is 23.4. The number of hydrogen-bond acceptors (Lipinski definition) is 12. The summed E-state index contributed by atoms with van der Waals surface area (Å²) in [7, 11) is 0. The van der Waals surface area contributed by atoms with Crippen LogP contribution in [0.15, 0.2) is 4.99 Å². The fraction of sp³-hybridized carbons (Fsp3) is 0.676. The number of aliphatic imine (C=N–C) groups is 1. The van der Waals surface area contributed by atoms with E-state index in [1.165, 1.54) is 11.8 Å². The number of aliphatic carboxylic acids is 2. The van der Waals surface area contributed by atoms with Crippen molar-refractivity contribution < 1.29 is 58.2 Å². The zero-order chi connectivity index (χ0) is 44.5. The molecule has 0 heterocycles. The minimum atomic E-state index is -1.54. The molecule has 0 aromatic carbocycles. The SMILES string of the molecule is CSCC[C@H](NC(=O)[C@H](CCC(=O)O)NC(=O)[C@H](CCC(N)=O)NC(C)=O)C(=O)N[C@@H](CCCN=C(N)N)C(=O)N[C@@H](CC(C)C)C(=O)N[C@@H](CCC(N)=O)C(=O)O. The van der Waals surface area contributed by atoms with Gasteiger partial charge in [0.1, 0.15) is 36.3 Å². The predicted octanol–water partition coefficient (Wildman–Crippen LogP) is -3.75. The molecule has 0 aromatic heterocycles. The molecule has 0 saturated heterocycles. The lowest BCUT2D eigenvalue weighted by molar-refractivity contribution is -0.142. The maximum absolute atomic E-state index is 13.8. The lowest BCUT2D eigenvalue weighted by Gasteiger charge is -2.28. The molecule has 23 nitrogen and oxygen atoms in total. The molecule has 24 heteroatoms. The molecule has 0 aliphatic carbocycles. The number of carboxylic acids is 2. The summed E-state index contributed by atoms with van der Waals surface area (Å²) in [5.74, 6) is -9.55. The van der Waals surface area contributed by atoms with Gasteiger partial charge in [-0.15, -0.1) is 0 Å². The summed E-state index contributed by atoms with van der Waals surface area (Å²) in [6.07, 6.45) is -0.388. The van der Waals surface area contributed by atoms with Crippen LogP contribution in [0, 0.1) is 5.92 Å². The molecule has 0 aromatic rings. The Labute approximate surface area is 340 Å². The zero-order valence-corrected chi connectivity index (χ0v) is 34.0. The Balaban J connectivity index is 6.51. The number of nitrogens with two attached hydrogens (primary N) is 4. The first-order valence-corrected chi connectivity index (χ1v) is 19.8. The van der Waals surface area contributed by atoms with Crippen LogP contribution < -0.4 is 54.8 Å². The Kier molecular flexibility index (Phi) is 25.1. The van der Waals surface area contributed by atoms with E-state index in [0.29, 0.717) is 5.75 Å². The molecular weight excluding hydrogens is 787 g/mol. The lowest BCUT2D eigenvalue weighted by atomic mass is 10.0. The van der Waals surface area contributed by atoms with Crippen molar-refractivity contribution in [3.8, 4) is 0 Å². The molecule has 0 radical (unpaired) electrons. The fourth-order valence-electron chi connectivity index (χ4n) is 5.22. The zero-order valence-electron chi connectivity index (χ0n) is 33.2. The van der Waals surface area contributed by atoms with Gasteiger partial charge in [-0.2, -0.15) is 11.8 Å². The number of nitrogens with one attached hydrogen (secondary N) is 6. The van der Waals surface area contributed by atoms with Gasteiger partial charge in [0, 0.05) is 32.7 Å². The fourth-order valence-corrected chi connectivity index (χ4v) is 5.69. The summed E-state index contributed by atoms with van der Waals surface area (Å²) < 4.78 is 0. The summed E-state index contributed by atoms with van der Waals surface area (Å²) in [6.45, 7) is 4.64. The molecule has 0 saturated carbocycles. The maximum Gasteiger partial charge on any atom is 0.326 e. The molecule has 0 unspecified atom stereocenters. The van der Waals surface area contributed by atoms with Crippen LogP contribution in [0.3, 0.4) is 0 Å². The van der Waals surface area contributed by atoms with Crippen molar-refractivity contribution in [2.24, 2.45) is 33.8 Å². The lowest BCUT2D eigenvalue weighted by Crippen LogP contribution is -2.59. The molecule has 58 heavy (non-hydrogen) atoms. The highest BCUT2D eigenvalue weighted by atomic mass is 32.2. The van der Waals surface area contributed by atoms with Gasteiger partial charge < -0.3 is 65.0 Å². The minimum Gasteiger partial charge on any atom is -0.481 e. The van der Waals surface area contributed by atoms with E-state index in [-0.39, 0.29) is 69.8 Å². The quantitative estimate of drug-likeness (QED) is 0.0188. The summed E-state index contributed by atoms with van der Waals surface area (Å²) >= 11 is 1.31. The molecule has 0 aliphatic heterocycles. The van der Waals surface area contributed by atoms with Gasteiger partial charge >= 0.3 is 11.9 Å². The Morgan fingerprint density at radius 3 is 1.38 bits per heavy atom. The summed E-state index contributed by atoms with van der Waals surface area (Å²) in [4.78, 5) is 129. The molecule has 0 spiro atoms. The first kappa shape index (κ1) is 52.3. The van der Waals surface area contributed by atoms with Gasteiger partial charge in [0.2, 0.25) is 47.3 Å². The van der Waals surface area contributed by atoms with E-state index in [2.05, 4.69) is 36.9 Å². The maximum atomic E-state index is 13.8. The normalized spacial score (nSPS) is 13.9. The minimum absolute atomic E-state index is 0.00589. The number of guanidine groups is 1. The van der Waals surface area contributed by atoms with Crippen LogP contribution in [0.1, 0.15) is 85.0 Å². The number of rotatable bonds is 30. The third-order valence-corrected chi connectivity index (χ3v) is 8.75. The van der Waals surface area contributed by atoms with Crippen molar-refractivity contribution in [1.29, 1.82) is 0 Å². The van der Waals surface area contributed by atoms with Crippen molar-refractivity contribution in [3.05, 3.63) is 0 Å². The largest absolute Gasteiger partial charge is 0.481 e. The Hall–Kier alpha value is -5.68. The van der Waals surface area contributed by atoms with E-state index in [9.17, 15) is 58.2 Å². The van der Waals surface area contributed by atoms with Crippen LogP contribution >= 0.6 is 11.8 Å². The highest BCUT2D eigenvalue weighted by molar-refractivity contribution is 7.98. The summed E-state index contributed by atoms with van der Waals surface area (Å²) in [5.41, 5.74) is 21.1. The van der Waals surface area contributed by atoms with Gasteiger partial charge in [0.15, 0.2) is 5.96 Å². The first-order valence-electron chi connectivity index (χ1n) is 18.4. The molecule has 0 bridgehead atoms. The Morgan fingerprint density at radius 1 is 0.569 bits per heavy atom. The molecule has 328 valence electrons. The number of thioether (sulfide) groups is 1. The van der Waals surface area contributed by atoms with E-state index >= 15 is 0 Å². The molecule has 8 amide bonds. The number of primary amides is 2. The van der Waals surface area contributed by atoms with Crippen molar-refractivity contribution in [3.63, 3.8) is 0 Å². The monoisotopic (exact) mass is 845 g/mol. The van der Waals surface area contributed by atoms with Crippen molar-refractivity contribution in [1.82, 2.24) is 31.9 Å². The van der Waals surface area contributed by atoms with Crippen molar-refractivity contribution >= 4 is 76.9 Å². The van der Waals surface area contributed by atoms with E-state index in [0.717, 1.165) is 6.92 Å². The van der Waals surface area contributed by atoms with Crippen LogP contribution in [-0.4, -0.2) is 130 Å². The van der Waals surface area contributed by atoms with Gasteiger partial charge in [-0.25, -0.2) is 4.79 Å². The van der Waals surface area contributed by atoms with E-state index in [4.69, 9.17) is 22.9 Å². The average molecular weight is 846 g/mol. The highest BCUT2D eigenvalue weighted by Crippen LogP contribution is 2.11. The van der Waals surface area contributed by atoms with Gasteiger partial charge in [-0.1, -0.05) is 13.8 Å². The molecule has 0 fully saturated rings. The standard InChI is InChI=1S/C34H59N11O12S/c1-17(2)16-24(32(55)44-23(33(56)57)8-11-26(36)48)45-28(51)19(6-5-14-39-34(37)38)41-31(54)22(13-15-58-4)43-30(53)21(9-12-27(49)50)42-29(52)20(40-18(3)46)7-10-25(35)47/h17,19-24H,5-16H2,1-4H3,(H2,35,47)(H2,36,48)(H,40,46)(H,41,54)(H,42,52)(H,43,53)(H,44,55)(H,45,51)(H,49,50)(H,56,57)(H4,37,38,39)/t19-,20-,21-,22-,23-,24-/m0/s1. The Bertz CT molecular complexity index is 1490. The van der Waals surface area contributed by atoms with Crippen LogP contribution in [-0.2, 0) is 47.9 Å². The number of carbonyl (C=O) groups excluding carboxylic acids is 8. The second-order valence-electron chi connectivity index (χ2n) is 13.7. The van der Waals surface area contributed by atoms with Crippen molar-refractivity contribution in [2.45, 2.75) is 121 Å². The van der Waals surface area contributed by atoms with Crippen LogP contribution in [0.25, 0.3) is 0 Å². The Morgan fingerprint density at radius 2 is 0.966 bits per heavy atom. The van der Waals surface area contributed by atoms with E-state index < -0.39 is 108 Å². The average Bonchev–Trinajstić information content (AvgIpc) is 3.11. The highest BCUT2D eigenvalue weighted by Gasteiger charge is 2.33. The van der Waals surface area contributed by atoms with Crippen LogP contribution in [0.5, 0.6) is 0 Å². The second kappa shape index (κ2) is 27.8. The van der Waals surface area contributed by atoms with E-state index in [1.54, 1.807) is 20.1 Å². The smallest absolute Gasteiger partial charge is 0.326 e. The summed E-state index contributed by atoms with van der Waals surface area (Å²) in [6, 6.07) is -8.37. The van der Waals surface area contributed by atoms with Gasteiger partial charge in [0.25, 0.3) is 0 Å². The van der Waals surface area contributed by atoms with Crippen LogP contribution in [0.4, 0.5) is 0 Å². The summed E-state index contributed by atoms with van der Waals surface area (Å²) in [5, 5.41) is 33.6. The number of carboxylic acid groups (broad SMARTS) is 2. The number of hydrogen-bond donors (Lipinski definition) is 12. The molecule has 6 atom stereocenters. The molecule has 16 N–H and O–H groups in total. The number of carbonyl (C=O) groups is 10. The predicted molar refractivity (Wildman–Crippen MR) is 211 cm³/mol. The van der Waals surface area contributed by atoms with Gasteiger partial charge in [0.05, 0.1) is 0 Å². The second-order valence-corrected chi connectivity index (χ2v) is 14.7. The van der Waals surface area contributed by atoms with Gasteiger partial charge in [-0.3, -0.25) is 48.1 Å². The van der Waals surface area contributed by atoms with E-state index in [1.807, 2.05) is 0 Å².